The van der Waals surface area contributed by atoms with Crippen LogP contribution in [0, 0.1) is 10.5 Å². The van der Waals surface area contributed by atoms with E-state index in [0.717, 1.165) is 9.13 Å². The molecule has 0 heterocycles. The summed E-state index contributed by atoms with van der Waals surface area (Å²) in [6.07, 6.45) is 0. The number of rotatable bonds is 4. The van der Waals surface area contributed by atoms with Gasteiger partial charge in [-0.25, -0.2) is 13.6 Å². The lowest BCUT2D eigenvalue weighted by atomic mass is 10.1. The lowest BCUT2D eigenvalue weighted by Crippen LogP contribution is -2.16. The van der Waals surface area contributed by atoms with E-state index in [-0.39, 0.29) is 11.7 Å². The van der Waals surface area contributed by atoms with Crippen LogP contribution in [0.15, 0.2) is 42.5 Å². The molecule has 7 heteroatoms. The first-order valence-corrected chi connectivity index (χ1v) is 9.21. The molecule has 2 rings (SSSR count). The lowest BCUT2D eigenvalue weighted by molar-refractivity contribution is 0.102. The van der Waals surface area contributed by atoms with Gasteiger partial charge in [-0.15, -0.1) is 0 Å². The number of nitrogens with one attached hydrogen (secondary N) is 1. The smallest absolute Gasteiger partial charge is 0.256 e. The summed E-state index contributed by atoms with van der Waals surface area (Å²) in [5.74, 6) is -0.501. The Bertz CT molecular complexity index is 819. The van der Waals surface area contributed by atoms with E-state index in [1.54, 1.807) is 30.3 Å². The van der Waals surface area contributed by atoms with E-state index in [0.29, 0.717) is 16.8 Å². The van der Waals surface area contributed by atoms with Crippen LogP contribution in [-0.2, 0) is 15.8 Å². The second kappa shape index (κ2) is 6.76. The van der Waals surface area contributed by atoms with Crippen molar-refractivity contribution in [3.8, 4) is 0 Å². The number of nitrogens with two attached hydrogens (primary N) is 1. The van der Waals surface area contributed by atoms with Crippen LogP contribution in [0.4, 0.5) is 5.69 Å². The molecular weight excluding hydrogens is 415 g/mol. The fourth-order valence-electron chi connectivity index (χ4n) is 1.99. The Morgan fingerprint density at radius 3 is 2.59 bits per heavy atom. The molecule has 0 atom stereocenters. The maximum atomic E-state index is 12.3. The predicted molar refractivity (Wildman–Crippen MR) is 95.1 cm³/mol. The topological polar surface area (TPSA) is 89.3 Å². The summed E-state index contributed by atoms with van der Waals surface area (Å²) >= 11 is 2.13. The van der Waals surface area contributed by atoms with Crippen molar-refractivity contribution >= 4 is 44.2 Å². The molecule has 0 aliphatic heterocycles. The summed E-state index contributed by atoms with van der Waals surface area (Å²) in [4.78, 5) is 12.3. The van der Waals surface area contributed by atoms with Gasteiger partial charge in [-0.3, -0.25) is 4.79 Å². The van der Waals surface area contributed by atoms with Crippen molar-refractivity contribution in [1.82, 2.24) is 0 Å². The summed E-state index contributed by atoms with van der Waals surface area (Å²) < 4.78 is 23.1. The molecule has 2 aromatic rings. The largest absolute Gasteiger partial charge is 0.322 e. The predicted octanol–water partition coefficient (Wildman–Crippen LogP) is 2.64. The van der Waals surface area contributed by atoms with Gasteiger partial charge in [-0.1, -0.05) is 24.3 Å². The van der Waals surface area contributed by atoms with Gasteiger partial charge >= 0.3 is 0 Å². The van der Waals surface area contributed by atoms with Crippen LogP contribution >= 0.6 is 22.6 Å². The van der Waals surface area contributed by atoms with Gasteiger partial charge in [0.15, 0.2) is 0 Å². The normalized spacial score (nSPS) is 11.2. The number of halogens is 1. The minimum absolute atomic E-state index is 0.235. The first-order chi connectivity index (χ1) is 10.3. The average molecular weight is 430 g/mol. The van der Waals surface area contributed by atoms with Gasteiger partial charge in [0.25, 0.3) is 5.91 Å². The highest BCUT2D eigenvalue weighted by atomic mass is 127. The van der Waals surface area contributed by atoms with Crippen LogP contribution in [0.1, 0.15) is 21.5 Å². The molecule has 0 saturated carbocycles. The highest BCUT2D eigenvalue weighted by Crippen LogP contribution is 2.19. The molecule has 0 bridgehead atoms. The van der Waals surface area contributed by atoms with Crippen LogP contribution in [0.25, 0.3) is 0 Å². The first-order valence-electron chi connectivity index (χ1n) is 6.42. The highest BCUT2D eigenvalue weighted by molar-refractivity contribution is 14.1. The third-order valence-electron chi connectivity index (χ3n) is 2.99. The van der Waals surface area contributed by atoms with Crippen LogP contribution in [0.5, 0.6) is 0 Å². The molecule has 116 valence electrons. The average Bonchev–Trinajstić information content (AvgIpc) is 2.40. The van der Waals surface area contributed by atoms with Gasteiger partial charge in [-0.2, -0.15) is 0 Å². The first kappa shape index (κ1) is 16.9. The minimum atomic E-state index is -3.60. The van der Waals surface area contributed by atoms with Crippen molar-refractivity contribution in [1.29, 1.82) is 0 Å². The van der Waals surface area contributed by atoms with Gasteiger partial charge in [-0.05, 0) is 58.8 Å². The number of carbonyl (C=O) groups excluding carboxylic acids is 1. The number of aryl methyl sites for hydroxylation is 1. The Kier molecular flexibility index (Phi) is 5.20. The molecule has 0 spiro atoms. The zero-order valence-electron chi connectivity index (χ0n) is 11.8. The van der Waals surface area contributed by atoms with Crippen LogP contribution in [-0.4, -0.2) is 14.3 Å². The highest BCUT2D eigenvalue weighted by Gasteiger charge is 2.12. The van der Waals surface area contributed by atoms with Crippen molar-refractivity contribution in [2.75, 3.05) is 5.32 Å². The van der Waals surface area contributed by atoms with Crippen molar-refractivity contribution in [3.63, 3.8) is 0 Å². The third kappa shape index (κ3) is 4.52. The Labute approximate surface area is 143 Å². The standard InChI is InChI=1S/C15H15IN2O3S/c1-10-4-2-7-13(14(10)16)15(19)18-12-6-3-5-11(8-12)9-22(17,20)21/h2-8H,9H2,1H3,(H,18,19)(H2,17,20,21). The van der Waals surface area contributed by atoms with Gasteiger partial charge in [0.1, 0.15) is 0 Å². The summed E-state index contributed by atoms with van der Waals surface area (Å²) in [6, 6.07) is 12.1. The summed E-state index contributed by atoms with van der Waals surface area (Å²) in [7, 11) is -3.60. The number of hydrogen-bond donors (Lipinski definition) is 2. The molecule has 0 fully saturated rings. The molecule has 0 aromatic heterocycles. The maximum absolute atomic E-state index is 12.3. The molecule has 0 aliphatic carbocycles. The van der Waals surface area contributed by atoms with Crippen molar-refractivity contribution in [2.45, 2.75) is 12.7 Å². The fraction of sp³-hybridized carbons (Fsp3) is 0.133. The molecule has 0 unspecified atom stereocenters. The second-order valence-electron chi connectivity index (χ2n) is 4.90. The molecule has 22 heavy (non-hydrogen) atoms. The second-order valence-corrected chi connectivity index (χ2v) is 7.59. The monoisotopic (exact) mass is 430 g/mol. The number of hydrogen-bond acceptors (Lipinski definition) is 3. The maximum Gasteiger partial charge on any atom is 0.256 e. The van der Waals surface area contributed by atoms with Crippen molar-refractivity contribution < 1.29 is 13.2 Å². The number of benzene rings is 2. The Hall–Kier alpha value is -1.45. The van der Waals surface area contributed by atoms with E-state index < -0.39 is 10.0 Å². The Morgan fingerprint density at radius 1 is 1.23 bits per heavy atom. The Morgan fingerprint density at radius 2 is 1.91 bits per heavy atom. The van der Waals surface area contributed by atoms with E-state index in [1.807, 2.05) is 19.1 Å². The lowest BCUT2D eigenvalue weighted by Gasteiger charge is -2.09. The molecule has 2 aromatic carbocycles. The number of anilines is 1. The van der Waals surface area contributed by atoms with E-state index in [9.17, 15) is 13.2 Å². The quantitative estimate of drug-likeness (QED) is 0.731. The van der Waals surface area contributed by atoms with Gasteiger partial charge in [0, 0.05) is 9.26 Å². The van der Waals surface area contributed by atoms with E-state index >= 15 is 0 Å². The van der Waals surface area contributed by atoms with E-state index in [1.165, 1.54) is 0 Å². The summed E-state index contributed by atoms with van der Waals surface area (Å²) in [5.41, 5.74) is 2.66. The molecule has 0 radical (unpaired) electrons. The number of sulfonamides is 1. The Balaban J connectivity index is 2.22. The molecule has 3 N–H and O–H groups in total. The zero-order valence-corrected chi connectivity index (χ0v) is 14.8. The van der Waals surface area contributed by atoms with E-state index in [2.05, 4.69) is 27.9 Å². The van der Waals surface area contributed by atoms with Crippen molar-refractivity contribution in [3.05, 3.63) is 62.7 Å². The van der Waals surface area contributed by atoms with Gasteiger partial charge < -0.3 is 5.32 Å². The van der Waals surface area contributed by atoms with Crippen LogP contribution in [0.2, 0.25) is 0 Å². The molecular formula is C15H15IN2O3S. The summed E-state index contributed by atoms with van der Waals surface area (Å²) in [6.45, 7) is 1.94. The third-order valence-corrected chi connectivity index (χ3v) is 5.16. The number of primary sulfonamides is 1. The number of carbonyl (C=O) groups is 1. The molecule has 1 amide bonds. The van der Waals surface area contributed by atoms with Crippen molar-refractivity contribution in [2.24, 2.45) is 5.14 Å². The summed E-state index contributed by atoms with van der Waals surface area (Å²) in [5, 5.41) is 7.80. The van der Waals surface area contributed by atoms with E-state index in [4.69, 9.17) is 5.14 Å². The molecule has 0 saturated heterocycles. The van der Waals surface area contributed by atoms with Crippen LogP contribution < -0.4 is 10.5 Å². The van der Waals surface area contributed by atoms with Crippen LogP contribution in [0.3, 0.4) is 0 Å². The minimum Gasteiger partial charge on any atom is -0.322 e. The van der Waals surface area contributed by atoms with Gasteiger partial charge in [0.05, 0.1) is 11.3 Å². The molecule has 0 aliphatic rings. The zero-order chi connectivity index (χ0) is 16.3. The SMILES string of the molecule is Cc1cccc(C(=O)Nc2cccc(CS(N)(=O)=O)c2)c1I. The number of amides is 1. The van der Waals surface area contributed by atoms with Gasteiger partial charge in [0.2, 0.25) is 10.0 Å². The molecule has 5 nitrogen and oxygen atoms in total. The fourth-order valence-corrected chi connectivity index (χ4v) is 3.24.